The lowest BCUT2D eigenvalue weighted by Gasteiger charge is -2.12. The van der Waals surface area contributed by atoms with Gasteiger partial charge in [0.25, 0.3) is 0 Å². The van der Waals surface area contributed by atoms with E-state index in [0.29, 0.717) is 23.8 Å². The normalized spacial score (nSPS) is 12.3. The Hall–Kier alpha value is -2.36. The number of nitrogens with one attached hydrogen (secondary N) is 2. The van der Waals surface area contributed by atoms with Gasteiger partial charge in [-0.05, 0) is 37.1 Å². The van der Waals surface area contributed by atoms with Gasteiger partial charge in [-0.1, -0.05) is 18.2 Å². The quantitative estimate of drug-likeness (QED) is 0.309. The van der Waals surface area contributed by atoms with Crippen molar-refractivity contribution in [2.45, 2.75) is 19.9 Å². The Bertz CT molecular complexity index is 814. The highest BCUT2D eigenvalue weighted by Crippen LogP contribution is 2.32. The molecule has 0 saturated carbocycles. The zero-order chi connectivity index (χ0) is 19.1. The molecule has 0 saturated heterocycles. The van der Waals surface area contributed by atoms with Crippen molar-refractivity contribution >= 4 is 29.9 Å². The molecule has 0 atom stereocenters. The molecular weight excluding hydrogens is 473 g/mol. The molecule has 3 rings (SSSR count). The molecule has 0 unspecified atom stereocenters. The molecule has 8 heteroatoms. The third-order valence-electron chi connectivity index (χ3n) is 4.20. The Morgan fingerprint density at radius 2 is 2.00 bits per heavy atom. The van der Waals surface area contributed by atoms with E-state index in [1.165, 1.54) is 7.11 Å². The summed E-state index contributed by atoms with van der Waals surface area (Å²) in [5.74, 6) is 2.85. The molecule has 0 amide bonds. The number of para-hydroxylation sites is 1. The average molecular weight is 499 g/mol. The minimum atomic E-state index is 0. The van der Waals surface area contributed by atoms with Gasteiger partial charge in [0.05, 0.1) is 13.7 Å². The van der Waals surface area contributed by atoms with Crippen LogP contribution >= 0.6 is 24.0 Å². The summed E-state index contributed by atoms with van der Waals surface area (Å²) in [6, 6.07) is 11.4. The fourth-order valence-corrected chi connectivity index (χ4v) is 2.79. The summed E-state index contributed by atoms with van der Waals surface area (Å²) in [4.78, 5) is 4.54. The van der Waals surface area contributed by atoms with Crippen LogP contribution in [-0.4, -0.2) is 38.1 Å². The molecule has 0 aliphatic carbocycles. The van der Waals surface area contributed by atoms with E-state index in [9.17, 15) is 5.11 Å². The second-order valence-corrected chi connectivity index (χ2v) is 6.03. The van der Waals surface area contributed by atoms with Gasteiger partial charge >= 0.3 is 0 Å². The van der Waals surface area contributed by atoms with Gasteiger partial charge in [0.1, 0.15) is 0 Å². The fourth-order valence-electron chi connectivity index (χ4n) is 2.79. The predicted molar refractivity (Wildman–Crippen MR) is 119 cm³/mol. The summed E-state index contributed by atoms with van der Waals surface area (Å²) in [5.41, 5.74) is 1.87. The maximum Gasteiger partial charge on any atom is 0.231 e. The number of methoxy groups -OCH3 is 1. The van der Waals surface area contributed by atoms with Crippen LogP contribution in [0.3, 0.4) is 0 Å². The minimum absolute atomic E-state index is 0. The second-order valence-electron chi connectivity index (χ2n) is 6.03. The van der Waals surface area contributed by atoms with E-state index >= 15 is 0 Å². The molecule has 7 nitrogen and oxygen atoms in total. The molecule has 0 bridgehead atoms. The average Bonchev–Trinajstić information content (AvgIpc) is 3.15. The number of aromatic hydroxyl groups is 1. The third-order valence-corrected chi connectivity index (χ3v) is 4.20. The first kappa shape index (κ1) is 21.9. The minimum Gasteiger partial charge on any atom is -0.504 e. The van der Waals surface area contributed by atoms with Crippen molar-refractivity contribution in [1.82, 2.24) is 10.6 Å². The van der Waals surface area contributed by atoms with Crippen molar-refractivity contribution in [3.05, 3.63) is 47.5 Å². The smallest absolute Gasteiger partial charge is 0.231 e. The number of halogens is 1. The van der Waals surface area contributed by atoms with E-state index < -0.39 is 0 Å². The molecule has 1 aliphatic heterocycles. The summed E-state index contributed by atoms with van der Waals surface area (Å²) in [6.07, 6.45) is 0.825. The highest BCUT2D eigenvalue weighted by atomic mass is 127. The van der Waals surface area contributed by atoms with Gasteiger partial charge < -0.3 is 30.0 Å². The van der Waals surface area contributed by atoms with Crippen LogP contribution in [0.1, 0.15) is 18.1 Å². The summed E-state index contributed by atoms with van der Waals surface area (Å²) in [7, 11) is 1.53. The first-order valence-electron chi connectivity index (χ1n) is 8.96. The Balaban J connectivity index is 0.00000280. The van der Waals surface area contributed by atoms with E-state index in [1.54, 1.807) is 6.07 Å². The summed E-state index contributed by atoms with van der Waals surface area (Å²) < 4.78 is 15.9. The molecule has 1 heterocycles. The Morgan fingerprint density at radius 1 is 1.18 bits per heavy atom. The molecule has 3 N–H and O–H groups in total. The monoisotopic (exact) mass is 499 g/mol. The molecule has 0 spiro atoms. The van der Waals surface area contributed by atoms with E-state index in [1.807, 2.05) is 37.3 Å². The molecule has 0 radical (unpaired) electrons. The van der Waals surface area contributed by atoms with Gasteiger partial charge in [0, 0.05) is 18.7 Å². The Kier molecular flexibility index (Phi) is 8.49. The molecule has 152 valence electrons. The van der Waals surface area contributed by atoms with Gasteiger partial charge in [0.15, 0.2) is 29.0 Å². The van der Waals surface area contributed by atoms with Crippen LogP contribution in [0.4, 0.5) is 0 Å². The van der Waals surface area contributed by atoms with Gasteiger partial charge in [0.2, 0.25) is 6.79 Å². The van der Waals surface area contributed by atoms with E-state index in [-0.39, 0.29) is 36.5 Å². The maximum absolute atomic E-state index is 10.2. The number of fused-ring (bicyclic) bond motifs is 1. The fraction of sp³-hybridized carbons (Fsp3) is 0.350. The number of aliphatic imine (C=N–C) groups is 1. The number of phenols is 1. The van der Waals surface area contributed by atoms with Crippen molar-refractivity contribution in [2.24, 2.45) is 4.99 Å². The standard InChI is InChI=1S/C20H25N3O4.HI/c1-3-21-20(23-12-15-5-4-6-17(25-2)19(15)24)22-10-9-14-7-8-16-18(11-14)27-13-26-16;/h4-8,11,24H,3,9-10,12-13H2,1-2H3,(H2,21,22,23);1H. The Labute approximate surface area is 182 Å². The third kappa shape index (κ3) is 5.57. The number of ether oxygens (including phenoxy) is 3. The topological polar surface area (TPSA) is 84.3 Å². The Morgan fingerprint density at radius 3 is 2.79 bits per heavy atom. The number of nitrogens with zero attached hydrogens (tertiary/aromatic N) is 1. The number of rotatable bonds is 7. The number of benzene rings is 2. The number of phenolic OH excluding ortho intramolecular Hbond substituents is 1. The molecule has 0 aromatic heterocycles. The zero-order valence-electron chi connectivity index (χ0n) is 16.0. The van der Waals surface area contributed by atoms with Gasteiger partial charge in [-0.25, -0.2) is 4.99 Å². The summed E-state index contributed by atoms with van der Waals surface area (Å²) >= 11 is 0. The molecule has 28 heavy (non-hydrogen) atoms. The molecular formula is C20H26IN3O4. The van der Waals surface area contributed by atoms with E-state index in [0.717, 1.165) is 36.6 Å². The molecule has 2 aromatic carbocycles. The van der Waals surface area contributed by atoms with Crippen molar-refractivity contribution in [1.29, 1.82) is 0 Å². The molecule has 1 aliphatic rings. The first-order chi connectivity index (χ1) is 13.2. The van der Waals surface area contributed by atoms with Gasteiger partial charge in [-0.2, -0.15) is 0 Å². The van der Waals surface area contributed by atoms with E-state index in [2.05, 4.69) is 15.6 Å². The highest BCUT2D eigenvalue weighted by molar-refractivity contribution is 14.0. The van der Waals surface area contributed by atoms with Crippen LogP contribution in [0, 0.1) is 0 Å². The van der Waals surface area contributed by atoms with Gasteiger partial charge in [-0.15, -0.1) is 24.0 Å². The lowest BCUT2D eigenvalue weighted by atomic mass is 10.1. The first-order valence-corrected chi connectivity index (χ1v) is 8.96. The van der Waals surface area contributed by atoms with E-state index in [4.69, 9.17) is 14.2 Å². The lowest BCUT2D eigenvalue weighted by molar-refractivity contribution is 0.174. The number of guanidine groups is 1. The second kappa shape index (κ2) is 10.8. The van der Waals surface area contributed by atoms with Crippen LogP contribution in [0.2, 0.25) is 0 Å². The maximum atomic E-state index is 10.2. The SMILES string of the molecule is CCNC(=NCc1cccc(OC)c1O)NCCc1ccc2c(c1)OCO2.I. The lowest BCUT2D eigenvalue weighted by Crippen LogP contribution is -2.38. The van der Waals surface area contributed by atoms with Crippen LogP contribution in [0.15, 0.2) is 41.4 Å². The van der Waals surface area contributed by atoms with Crippen LogP contribution < -0.4 is 24.8 Å². The van der Waals surface area contributed by atoms with Crippen LogP contribution in [0.5, 0.6) is 23.0 Å². The zero-order valence-corrected chi connectivity index (χ0v) is 18.4. The molecule has 0 fully saturated rings. The van der Waals surface area contributed by atoms with Crippen molar-refractivity contribution in [2.75, 3.05) is 27.0 Å². The highest BCUT2D eigenvalue weighted by Gasteiger charge is 2.13. The number of hydrogen-bond acceptors (Lipinski definition) is 5. The van der Waals surface area contributed by atoms with Crippen LogP contribution in [-0.2, 0) is 13.0 Å². The van der Waals surface area contributed by atoms with Crippen molar-refractivity contribution < 1.29 is 19.3 Å². The summed E-state index contributed by atoms with van der Waals surface area (Å²) in [5, 5.41) is 16.7. The largest absolute Gasteiger partial charge is 0.504 e. The van der Waals surface area contributed by atoms with Crippen LogP contribution in [0.25, 0.3) is 0 Å². The van der Waals surface area contributed by atoms with Crippen molar-refractivity contribution in [3.63, 3.8) is 0 Å². The predicted octanol–water partition coefficient (Wildman–Crippen LogP) is 3.05. The number of hydrogen-bond donors (Lipinski definition) is 3. The van der Waals surface area contributed by atoms with Crippen molar-refractivity contribution in [3.8, 4) is 23.0 Å². The molecule has 2 aromatic rings. The van der Waals surface area contributed by atoms with Gasteiger partial charge in [-0.3, -0.25) is 0 Å². The summed E-state index contributed by atoms with van der Waals surface area (Å²) in [6.45, 7) is 4.11.